The molecule has 21 heavy (non-hydrogen) atoms. The van der Waals surface area contributed by atoms with E-state index in [0.717, 1.165) is 37.3 Å². The average molecular weight is 284 g/mol. The van der Waals surface area contributed by atoms with Gasteiger partial charge < -0.3 is 9.80 Å². The molecule has 0 saturated carbocycles. The van der Waals surface area contributed by atoms with Crippen LogP contribution in [0.3, 0.4) is 0 Å². The summed E-state index contributed by atoms with van der Waals surface area (Å²) in [4.78, 5) is 4.81. The molecule has 1 heterocycles. The Labute approximate surface area is 125 Å². The van der Waals surface area contributed by atoms with E-state index in [1.165, 1.54) is 23.4 Å². The van der Waals surface area contributed by atoms with E-state index in [0.29, 0.717) is 0 Å². The number of rotatable bonds is 2. The summed E-state index contributed by atoms with van der Waals surface area (Å²) < 4.78 is 13.0. The summed E-state index contributed by atoms with van der Waals surface area (Å²) in [5.41, 5.74) is 4.80. The number of likely N-dealkylation sites (N-methyl/N-ethyl adjacent to an activating group) is 1. The van der Waals surface area contributed by atoms with Gasteiger partial charge in [0.05, 0.1) is 0 Å². The number of halogens is 1. The third kappa shape index (κ3) is 3.08. The van der Waals surface area contributed by atoms with Gasteiger partial charge in [-0.1, -0.05) is 18.2 Å². The first-order valence-corrected chi connectivity index (χ1v) is 7.43. The molecular weight excluding hydrogens is 263 g/mol. The fourth-order valence-electron chi connectivity index (χ4n) is 2.88. The standard InChI is InChI=1S/C18H21FN2/c1-14-13-16(15-3-6-17(19)7-4-15)5-8-18(14)21-11-9-20(2)10-12-21/h3-8,13H,9-12H2,1-2H3. The SMILES string of the molecule is Cc1cc(-c2ccc(F)cc2)ccc1N1CCN(C)CC1. The molecule has 0 aromatic heterocycles. The zero-order chi connectivity index (χ0) is 14.8. The molecule has 1 saturated heterocycles. The highest BCUT2D eigenvalue weighted by Crippen LogP contribution is 2.27. The van der Waals surface area contributed by atoms with Crippen LogP contribution < -0.4 is 4.90 Å². The van der Waals surface area contributed by atoms with Crippen molar-refractivity contribution in [1.29, 1.82) is 0 Å². The molecule has 2 nitrogen and oxygen atoms in total. The number of hydrogen-bond acceptors (Lipinski definition) is 2. The lowest BCUT2D eigenvalue weighted by atomic mass is 10.0. The number of hydrogen-bond donors (Lipinski definition) is 0. The van der Waals surface area contributed by atoms with E-state index in [2.05, 4.69) is 42.0 Å². The van der Waals surface area contributed by atoms with Crippen LogP contribution >= 0.6 is 0 Å². The second kappa shape index (κ2) is 5.86. The quantitative estimate of drug-likeness (QED) is 0.832. The molecule has 1 aliphatic heterocycles. The van der Waals surface area contributed by atoms with Crippen molar-refractivity contribution in [1.82, 2.24) is 4.90 Å². The lowest BCUT2D eigenvalue weighted by molar-refractivity contribution is 0.312. The number of aryl methyl sites for hydroxylation is 1. The summed E-state index contributed by atoms with van der Waals surface area (Å²) in [6, 6.07) is 13.2. The fraction of sp³-hybridized carbons (Fsp3) is 0.333. The average Bonchev–Trinajstić information content (AvgIpc) is 2.49. The van der Waals surface area contributed by atoms with Crippen molar-refractivity contribution in [3.63, 3.8) is 0 Å². The van der Waals surface area contributed by atoms with E-state index in [1.54, 1.807) is 0 Å². The molecule has 0 amide bonds. The van der Waals surface area contributed by atoms with Crippen LogP contribution in [0.5, 0.6) is 0 Å². The zero-order valence-electron chi connectivity index (χ0n) is 12.6. The highest BCUT2D eigenvalue weighted by Gasteiger charge is 2.16. The Bertz CT molecular complexity index is 614. The Morgan fingerprint density at radius 1 is 0.857 bits per heavy atom. The van der Waals surface area contributed by atoms with Crippen LogP contribution in [-0.2, 0) is 0 Å². The molecule has 2 aromatic carbocycles. The first kappa shape index (κ1) is 14.1. The highest BCUT2D eigenvalue weighted by atomic mass is 19.1. The van der Waals surface area contributed by atoms with Crippen molar-refractivity contribution in [2.24, 2.45) is 0 Å². The van der Waals surface area contributed by atoms with Crippen LogP contribution in [0, 0.1) is 12.7 Å². The van der Waals surface area contributed by atoms with Gasteiger partial charge in [-0.3, -0.25) is 0 Å². The maximum Gasteiger partial charge on any atom is 0.123 e. The number of anilines is 1. The molecule has 0 aliphatic carbocycles. The van der Waals surface area contributed by atoms with Gasteiger partial charge in [0.25, 0.3) is 0 Å². The van der Waals surface area contributed by atoms with Crippen molar-refractivity contribution < 1.29 is 4.39 Å². The Kier molecular flexibility index (Phi) is 3.93. The smallest absolute Gasteiger partial charge is 0.123 e. The van der Waals surface area contributed by atoms with Crippen LogP contribution in [0.2, 0.25) is 0 Å². The summed E-state index contributed by atoms with van der Waals surface area (Å²) >= 11 is 0. The summed E-state index contributed by atoms with van der Waals surface area (Å²) in [5, 5.41) is 0. The van der Waals surface area contributed by atoms with Crippen LogP contribution in [-0.4, -0.2) is 38.1 Å². The largest absolute Gasteiger partial charge is 0.369 e. The summed E-state index contributed by atoms with van der Waals surface area (Å²) in [7, 11) is 2.17. The van der Waals surface area contributed by atoms with Gasteiger partial charge in [-0.05, 0) is 54.9 Å². The maximum atomic E-state index is 13.0. The van der Waals surface area contributed by atoms with Crippen molar-refractivity contribution >= 4 is 5.69 Å². The van der Waals surface area contributed by atoms with Gasteiger partial charge in [0.15, 0.2) is 0 Å². The Hall–Kier alpha value is -1.87. The van der Waals surface area contributed by atoms with Crippen molar-refractivity contribution in [3.8, 4) is 11.1 Å². The molecule has 0 atom stereocenters. The summed E-state index contributed by atoms with van der Waals surface area (Å²) in [6.07, 6.45) is 0. The molecule has 0 radical (unpaired) electrons. The van der Waals surface area contributed by atoms with E-state index in [9.17, 15) is 4.39 Å². The molecule has 0 spiro atoms. The molecule has 1 aliphatic rings. The summed E-state index contributed by atoms with van der Waals surface area (Å²) in [6.45, 7) is 6.53. The van der Waals surface area contributed by atoms with E-state index >= 15 is 0 Å². The van der Waals surface area contributed by atoms with E-state index in [1.807, 2.05) is 12.1 Å². The van der Waals surface area contributed by atoms with Crippen LogP contribution in [0.4, 0.5) is 10.1 Å². The number of nitrogens with zero attached hydrogens (tertiary/aromatic N) is 2. The van der Waals surface area contributed by atoms with Crippen LogP contribution in [0.25, 0.3) is 11.1 Å². The van der Waals surface area contributed by atoms with Crippen LogP contribution in [0.1, 0.15) is 5.56 Å². The molecule has 3 rings (SSSR count). The van der Waals surface area contributed by atoms with Gasteiger partial charge in [-0.25, -0.2) is 4.39 Å². The minimum absolute atomic E-state index is 0.190. The molecule has 0 unspecified atom stereocenters. The van der Waals surface area contributed by atoms with Crippen molar-refractivity contribution in [3.05, 3.63) is 53.8 Å². The third-order valence-electron chi connectivity index (χ3n) is 4.22. The van der Waals surface area contributed by atoms with Gasteiger partial charge >= 0.3 is 0 Å². The highest BCUT2D eigenvalue weighted by molar-refractivity contribution is 5.69. The second-order valence-corrected chi connectivity index (χ2v) is 5.80. The molecule has 0 N–H and O–H groups in total. The maximum absolute atomic E-state index is 13.0. The molecule has 1 fully saturated rings. The first-order valence-electron chi connectivity index (χ1n) is 7.43. The van der Waals surface area contributed by atoms with E-state index in [4.69, 9.17) is 0 Å². The second-order valence-electron chi connectivity index (χ2n) is 5.80. The van der Waals surface area contributed by atoms with Gasteiger partial charge in [-0.2, -0.15) is 0 Å². The van der Waals surface area contributed by atoms with Gasteiger partial charge in [0.2, 0.25) is 0 Å². The van der Waals surface area contributed by atoms with Gasteiger partial charge in [0.1, 0.15) is 5.82 Å². The van der Waals surface area contributed by atoms with Crippen LogP contribution in [0.15, 0.2) is 42.5 Å². The normalized spacial score (nSPS) is 16.2. The molecule has 110 valence electrons. The monoisotopic (exact) mass is 284 g/mol. The molecule has 0 bridgehead atoms. The van der Waals surface area contributed by atoms with Gasteiger partial charge in [-0.15, -0.1) is 0 Å². The lowest BCUT2D eigenvalue weighted by Crippen LogP contribution is -2.44. The Balaban J connectivity index is 1.84. The van der Waals surface area contributed by atoms with Gasteiger partial charge in [0, 0.05) is 31.9 Å². The topological polar surface area (TPSA) is 6.48 Å². The lowest BCUT2D eigenvalue weighted by Gasteiger charge is -2.35. The predicted octanol–water partition coefficient (Wildman–Crippen LogP) is 3.55. The molecular formula is C18H21FN2. The number of benzene rings is 2. The van der Waals surface area contributed by atoms with Crippen molar-refractivity contribution in [2.75, 3.05) is 38.1 Å². The van der Waals surface area contributed by atoms with E-state index in [-0.39, 0.29) is 5.82 Å². The summed E-state index contributed by atoms with van der Waals surface area (Å²) in [5.74, 6) is -0.190. The fourth-order valence-corrected chi connectivity index (χ4v) is 2.88. The first-order chi connectivity index (χ1) is 10.1. The Morgan fingerprint density at radius 3 is 2.10 bits per heavy atom. The Morgan fingerprint density at radius 2 is 1.48 bits per heavy atom. The van der Waals surface area contributed by atoms with E-state index < -0.39 is 0 Å². The molecule has 3 heteroatoms. The zero-order valence-corrected chi connectivity index (χ0v) is 12.6. The minimum atomic E-state index is -0.190. The van der Waals surface area contributed by atoms with Crippen molar-refractivity contribution in [2.45, 2.75) is 6.92 Å². The third-order valence-corrected chi connectivity index (χ3v) is 4.22. The minimum Gasteiger partial charge on any atom is -0.369 e. The number of piperazine rings is 1. The predicted molar refractivity (Wildman–Crippen MR) is 86.3 cm³/mol. The molecule has 2 aromatic rings.